The third kappa shape index (κ3) is 3.77. The van der Waals surface area contributed by atoms with Crippen molar-refractivity contribution in [3.05, 3.63) is 56.7 Å². The van der Waals surface area contributed by atoms with Crippen LogP contribution in [0.4, 0.5) is 0 Å². The lowest BCUT2D eigenvalue weighted by atomic mass is 10.0. The lowest BCUT2D eigenvalue weighted by Gasteiger charge is -2.17. The Bertz CT molecular complexity index is 1490. The molecule has 0 bridgehead atoms. The second-order valence-electron chi connectivity index (χ2n) is 7.48. The van der Waals surface area contributed by atoms with Gasteiger partial charge in [-0.25, -0.2) is 0 Å². The van der Waals surface area contributed by atoms with E-state index in [4.69, 9.17) is 37.9 Å². The Kier molecular flexibility index (Phi) is 6.51. The second kappa shape index (κ2) is 9.37. The first-order valence-corrected chi connectivity index (χ1v) is 11.1. The summed E-state index contributed by atoms with van der Waals surface area (Å²) in [4.78, 5) is 18.2. The predicted molar refractivity (Wildman–Crippen MR) is 132 cm³/mol. The van der Waals surface area contributed by atoms with Gasteiger partial charge in [0.2, 0.25) is 0 Å². The zero-order chi connectivity index (χ0) is 24.6. The number of aryl methyl sites for hydroxylation is 1. The molecule has 174 valence electrons. The van der Waals surface area contributed by atoms with E-state index in [2.05, 4.69) is 16.2 Å². The molecule has 8 nitrogen and oxygen atoms in total. The van der Waals surface area contributed by atoms with E-state index in [1.807, 2.05) is 19.9 Å². The summed E-state index contributed by atoms with van der Waals surface area (Å²) in [5.41, 5.74) is 3.36. The van der Waals surface area contributed by atoms with Crippen molar-refractivity contribution < 1.29 is 9.47 Å². The van der Waals surface area contributed by atoms with Crippen molar-refractivity contribution in [2.45, 2.75) is 26.9 Å². The van der Waals surface area contributed by atoms with Crippen LogP contribution in [0.25, 0.3) is 33.3 Å². The summed E-state index contributed by atoms with van der Waals surface area (Å²) in [5, 5.41) is 14.4. The van der Waals surface area contributed by atoms with Crippen LogP contribution in [0.3, 0.4) is 0 Å². The van der Waals surface area contributed by atoms with Gasteiger partial charge in [-0.3, -0.25) is 14.5 Å². The molecule has 4 aromatic rings. The molecule has 0 aliphatic carbocycles. The number of fused-ring (bicyclic) bond motifs is 1. The minimum Gasteiger partial charge on any atom is -0.495 e. The van der Waals surface area contributed by atoms with Gasteiger partial charge in [-0.05, 0) is 26.0 Å². The van der Waals surface area contributed by atoms with E-state index in [1.54, 1.807) is 33.8 Å². The van der Waals surface area contributed by atoms with Crippen LogP contribution in [0.15, 0.2) is 35.4 Å². The summed E-state index contributed by atoms with van der Waals surface area (Å²) in [6.45, 7) is 4.32. The molecule has 0 spiro atoms. The maximum atomic E-state index is 13.6. The van der Waals surface area contributed by atoms with Gasteiger partial charge >= 0.3 is 0 Å². The van der Waals surface area contributed by atoms with Crippen LogP contribution >= 0.6 is 23.2 Å². The molecule has 0 aliphatic heterocycles. The fourth-order valence-corrected chi connectivity index (χ4v) is 4.66. The number of nitrogens with zero attached hydrogens (tertiary/aromatic N) is 5. The van der Waals surface area contributed by atoms with Crippen LogP contribution in [0.1, 0.15) is 12.6 Å². The van der Waals surface area contributed by atoms with Crippen LogP contribution < -0.4 is 15.0 Å². The molecular formula is C24H21Cl2N5O3. The number of methoxy groups -OCH3 is 2. The molecule has 0 amide bonds. The normalized spacial score (nSPS) is 11.0. The molecule has 0 N–H and O–H groups in total. The standard InChI is InChI=1S/C24H21Cl2N5O3/c1-5-30-18-9-17(16-12-29-31(7-6-27)13(16)2)28-11-14(18)8-15(24(30)32)21-22(25)19(33-3)10-20(34-4)23(21)26/h8-12H,5,7H2,1-4H3. The Hall–Kier alpha value is -3.54. The van der Waals surface area contributed by atoms with Crippen molar-refractivity contribution in [2.24, 2.45) is 0 Å². The quantitative estimate of drug-likeness (QED) is 0.367. The van der Waals surface area contributed by atoms with Crippen molar-refractivity contribution in [3.8, 4) is 40.0 Å². The van der Waals surface area contributed by atoms with E-state index in [-0.39, 0.29) is 22.1 Å². The van der Waals surface area contributed by atoms with Gasteiger partial charge in [-0.15, -0.1) is 0 Å². The van der Waals surface area contributed by atoms with E-state index in [0.29, 0.717) is 40.4 Å². The van der Waals surface area contributed by atoms with Crippen molar-refractivity contribution in [2.75, 3.05) is 14.2 Å². The summed E-state index contributed by atoms with van der Waals surface area (Å²) in [6, 6.07) is 7.23. The fourth-order valence-electron chi connectivity index (χ4n) is 3.96. The van der Waals surface area contributed by atoms with Gasteiger partial charge in [-0.1, -0.05) is 23.2 Å². The van der Waals surface area contributed by atoms with Crippen LogP contribution in [0.5, 0.6) is 11.5 Å². The first-order chi connectivity index (χ1) is 16.4. The maximum Gasteiger partial charge on any atom is 0.259 e. The van der Waals surface area contributed by atoms with Crippen LogP contribution in [0, 0.1) is 18.3 Å². The molecule has 0 fully saturated rings. The Morgan fingerprint density at radius 3 is 2.32 bits per heavy atom. The highest BCUT2D eigenvalue weighted by Gasteiger charge is 2.23. The molecule has 0 saturated carbocycles. The monoisotopic (exact) mass is 497 g/mol. The predicted octanol–water partition coefficient (Wildman–Crippen LogP) is 5.10. The van der Waals surface area contributed by atoms with E-state index in [1.165, 1.54) is 14.2 Å². The third-order valence-corrected chi connectivity index (χ3v) is 6.49. The average Bonchev–Trinajstić information content (AvgIpc) is 3.19. The van der Waals surface area contributed by atoms with Crippen molar-refractivity contribution >= 4 is 34.1 Å². The molecule has 34 heavy (non-hydrogen) atoms. The minimum atomic E-state index is -0.261. The van der Waals surface area contributed by atoms with Gasteiger partial charge in [0.25, 0.3) is 5.56 Å². The second-order valence-corrected chi connectivity index (χ2v) is 8.24. The largest absolute Gasteiger partial charge is 0.495 e. The number of aromatic nitrogens is 4. The molecule has 1 aromatic carbocycles. The van der Waals surface area contributed by atoms with Gasteiger partial charge in [0.05, 0.1) is 53.3 Å². The van der Waals surface area contributed by atoms with Gasteiger partial charge in [0, 0.05) is 41.0 Å². The third-order valence-electron chi connectivity index (χ3n) is 5.74. The van der Waals surface area contributed by atoms with Crippen LogP contribution in [-0.2, 0) is 13.1 Å². The Morgan fingerprint density at radius 2 is 1.74 bits per heavy atom. The number of halogens is 2. The summed E-state index contributed by atoms with van der Waals surface area (Å²) in [6.07, 6.45) is 3.37. The minimum absolute atomic E-state index is 0.147. The zero-order valence-electron chi connectivity index (χ0n) is 19.0. The summed E-state index contributed by atoms with van der Waals surface area (Å²) < 4.78 is 14.0. The van der Waals surface area contributed by atoms with Gasteiger partial charge in [0.15, 0.2) is 0 Å². The summed E-state index contributed by atoms with van der Waals surface area (Å²) >= 11 is 13.2. The first kappa shape index (κ1) is 23.6. The highest BCUT2D eigenvalue weighted by atomic mass is 35.5. The number of pyridine rings is 2. The summed E-state index contributed by atoms with van der Waals surface area (Å²) in [7, 11) is 2.96. The van der Waals surface area contributed by atoms with Crippen molar-refractivity contribution in [1.29, 1.82) is 5.26 Å². The number of hydrogen-bond acceptors (Lipinski definition) is 6. The molecule has 0 radical (unpaired) electrons. The van der Waals surface area contributed by atoms with Crippen molar-refractivity contribution in [1.82, 2.24) is 19.3 Å². The van der Waals surface area contributed by atoms with Gasteiger partial charge in [-0.2, -0.15) is 10.4 Å². The fraction of sp³-hybridized carbons (Fsp3) is 0.250. The topological polar surface area (TPSA) is 95.0 Å². The zero-order valence-corrected chi connectivity index (χ0v) is 20.5. The lowest BCUT2D eigenvalue weighted by molar-refractivity contribution is 0.395. The number of nitriles is 1. The highest BCUT2D eigenvalue weighted by molar-refractivity contribution is 6.41. The molecule has 3 aromatic heterocycles. The summed E-state index contributed by atoms with van der Waals surface area (Å²) in [5.74, 6) is 0.692. The van der Waals surface area contributed by atoms with Gasteiger partial charge < -0.3 is 14.0 Å². The lowest BCUT2D eigenvalue weighted by Crippen LogP contribution is -2.21. The number of ether oxygens (including phenoxy) is 2. The maximum absolute atomic E-state index is 13.6. The Morgan fingerprint density at radius 1 is 1.06 bits per heavy atom. The Balaban J connectivity index is 1.98. The molecule has 3 heterocycles. The molecule has 0 saturated heterocycles. The molecular weight excluding hydrogens is 477 g/mol. The smallest absolute Gasteiger partial charge is 0.259 e. The van der Waals surface area contributed by atoms with Crippen molar-refractivity contribution in [3.63, 3.8) is 0 Å². The Labute approximate surface area is 205 Å². The SMILES string of the molecule is CCn1c(=O)c(-c2c(Cl)c(OC)cc(OC)c2Cl)cc2cnc(-c3cnn(CC#N)c3C)cc21. The number of rotatable bonds is 6. The van der Waals surface area contributed by atoms with E-state index < -0.39 is 0 Å². The molecule has 4 rings (SSSR count). The van der Waals surface area contributed by atoms with Crippen LogP contribution in [-0.4, -0.2) is 33.6 Å². The van der Waals surface area contributed by atoms with Crippen LogP contribution in [0.2, 0.25) is 10.0 Å². The molecule has 0 unspecified atom stereocenters. The molecule has 0 atom stereocenters. The first-order valence-electron chi connectivity index (χ1n) is 10.4. The highest BCUT2D eigenvalue weighted by Crippen LogP contribution is 2.45. The average molecular weight is 498 g/mol. The number of hydrogen-bond donors (Lipinski definition) is 0. The van der Waals surface area contributed by atoms with E-state index in [9.17, 15) is 4.79 Å². The molecule has 10 heteroatoms. The van der Waals surface area contributed by atoms with E-state index in [0.717, 1.165) is 16.6 Å². The molecule has 0 aliphatic rings. The van der Waals surface area contributed by atoms with Gasteiger partial charge in [0.1, 0.15) is 18.0 Å². The number of benzene rings is 1. The van der Waals surface area contributed by atoms with E-state index >= 15 is 0 Å².